The van der Waals surface area contributed by atoms with E-state index in [4.69, 9.17) is 32.1 Å². The molecule has 180 valence electrons. The Morgan fingerprint density at radius 3 is 2.51 bits per heavy atom. The van der Waals surface area contributed by atoms with Gasteiger partial charge in [0.05, 0.1) is 24.0 Å². The molecule has 1 aromatic heterocycles. The molecule has 0 bridgehead atoms. The number of hydrogen-bond donors (Lipinski definition) is 1. The van der Waals surface area contributed by atoms with Gasteiger partial charge in [-0.2, -0.15) is 13.5 Å². The maximum Gasteiger partial charge on any atom is 0.339 e. The van der Waals surface area contributed by atoms with E-state index in [1.165, 1.54) is 36.6 Å². The molecule has 1 heterocycles. The van der Waals surface area contributed by atoms with Crippen molar-refractivity contribution in [1.29, 1.82) is 0 Å². The normalized spacial score (nSPS) is 11.5. The van der Waals surface area contributed by atoms with Crippen LogP contribution in [0.15, 0.2) is 76.0 Å². The number of methoxy groups -OCH3 is 1. The summed E-state index contributed by atoms with van der Waals surface area (Å²) in [6.45, 7) is 1.87. The minimum atomic E-state index is -4.00. The van der Waals surface area contributed by atoms with Crippen LogP contribution in [-0.4, -0.2) is 26.7 Å². The Hall–Kier alpha value is -3.11. The maximum absolute atomic E-state index is 12.6. The van der Waals surface area contributed by atoms with E-state index >= 15 is 0 Å². The van der Waals surface area contributed by atoms with Gasteiger partial charge in [-0.15, -0.1) is 11.3 Å². The first-order valence-corrected chi connectivity index (χ1v) is 13.2. The zero-order valence-corrected chi connectivity index (χ0v) is 21.7. The first kappa shape index (κ1) is 25.0. The fraction of sp³-hybridized carbons (Fsp3) is 0.0833. The molecule has 0 aliphatic heterocycles. The molecule has 0 atom stereocenters. The predicted octanol–water partition coefficient (Wildman–Crippen LogP) is 6.65. The molecule has 1 N–H and O–H groups in total. The number of anilines is 1. The number of hydrazone groups is 1. The number of aryl methyl sites for hydroxylation is 1. The largest absolute Gasteiger partial charge is 0.493 e. The zero-order chi connectivity index (χ0) is 25.0. The van der Waals surface area contributed by atoms with E-state index in [1.54, 1.807) is 42.6 Å². The summed E-state index contributed by atoms with van der Waals surface area (Å²) in [5, 5.41) is 7.68. The van der Waals surface area contributed by atoms with Gasteiger partial charge < -0.3 is 8.92 Å². The number of nitrogens with zero attached hydrogens (tertiary/aromatic N) is 2. The maximum atomic E-state index is 12.6. The van der Waals surface area contributed by atoms with Gasteiger partial charge >= 0.3 is 10.1 Å². The van der Waals surface area contributed by atoms with E-state index in [9.17, 15) is 8.42 Å². The molecule has 0 radical (unpaired) electrons. The monoisotopic (exact) mass is 547 g/mol. The van der Waals surface area contributed by atoms with Crippen molar-refractivity contribution in [2.75, 3.05) is 12.5 Å². The Bertz CT molecular complexity index is 1490. The molecule has 3 aromatic carbocycles. The molecule has 4 rings (SSSR count). The van der Waals surface area contributed by atoms with Crippen LogP contribution in [-0.2, 0) is 10.1 Å². The number of rotatable bonds is 8. The van der Waals surface area contributed by atoms with Crippen LogP contribution in [0.4, 0.5) is 5.13 Å². The third-order valence-corrected chi connectivity index (χ3v) is 7.33. The molecule has 0 unspecified atom stereocenters. The van der Waals surface area contributed by atoms with E-state index in [2.05, 4.69) is 15.5 Å². The standard InChI is InChI=1S/C24H19Cl2N3O4S2/c1-15-3-7-18(8-4-15)35(30,31)33-22-10-5-16(11-23(22)32-2)13-27-29-24-28-21(14-34-24)19-9-6-17(25)12-20(19)26/h3-14H,1-2H3,(H,28,29)/b27-13+. The Balaban J connectivity index is 1.45. The van der Waals surface area contributed by atoms with Gasteiger partial charge in [-0.1, -0.05) is 40.9 Å². The van der Waals surface area contributed by atoms with Crippen molar-refractivity contribution in [3.8, 4) is 22.8 Å². The quantitative estimate of drug-likeness (QED) is 0.151. The van der Waals surface area contributed by atoms with Crippen LogP contribution in [0.1, 0.15) is 11.1 Å². The fourth-order valence-electron chi connectivity index (χ4n) is 3.01. The van der Waals surface area contributed by atoms with E-state index in [-0.39, 0.29) is 16.4 Å². The second-order valence-corrected chi connectivity index (χ2v) is 10.5. The van der Waals surface area contributed by atoms with E-state index in [1.807, 2.05) is 18.4 Å². The van der Waals surface area contributed by atoms with Gasteiger partial charge in [0.15, 0.2) is 11.5 Å². The lowest BCUT2D eigenvalue weighted by Gasteiger charge is -2.11. The Labute approximate surface area is 217 Å². The van der Waals surface area contributed by atoms with Crippen molar-refractivity contribution in [3.63, 3.8) is 0 Å². The number of hydrogen-bond acceptors (Lipinski definition) is 8. The van der Waals surface area contributed by atoms with E-state index < -0.39 is 10.1 Å². The third kappa shape index (κ3) is 6.12. The van der Waals surface area contributed by atoms with Crippen LogP contribution in [0, 0.1) is 6.92 Å². The van der Waals surface area contributed by atoms with Gasteiger partial charge in [-0.3, -0.25) is 5.43 Å². The first-order valence-electron chi connectivity index (χ1n) is 10.1. The van der Waals surface area contributed by atoms with Crippen LogP contribution in [0.5, 0.6) is 11.5 Å². The molecule has 0 aliphatic carbocycles. The smallest absolute Gasteiger partial charge is 0.339 e. The number of nitrogens with one attached hydrogen (secondary N) is 1. The van der Waals surface area contributed by atoms with Crippen molar-refractivity contribution in [3.05, 3.63) is 87.2 Å². The Morgan fingerprint density at radius 2 is 1.80 bits per heavy atom. The average molecular weight is 548 g/mol. The molecule has 11 heteroatoms. The molecular weight excluding hydrogens is 529 g/mol. The Morgan fingerprint density at radius 1 is 1.03 bits per heavy atom. The van der Waals surface area contributed by atoms with Gasteiger partial charge in [0.25, 0.3) is 0 Å². The number of ether oxygens (including phenoxy) is 1. The van der Waals surface area contributed by atoms with Crippen molar-refractivity contribution in [2.45, 2.75) is 11.8 Å². The minimum Gasteiger partial charge on any atom is -0.493 e. The lowest BCUT2D eigenvalue weighted by Crippen LogP contribution is -2.10. The van der Waals surface area contributed by atoms with Crippen molar-refractivity contribution < 1.29 is 17.3 Å². The second kappa shape index (κ2) is 10.7. The van der Waals surface area contributed by atoms with Crippen LogP contribution < -0.4 is 14.3 Å². The van der Waals surface area contributed by atoms with Crippen molar-refractivity contribution in [2.24, 2.45) is 5.10 Å². The first-order chi connectivity index (χ1) is 16.7. The molecule has 0 amide bonds. The summed E-state index contributed by atoms with van der Waals surface area (Å²) in [6.07, 6.45) is 1.55. The molecule has 0 saturated carbocycles. The highest BCUT2D eigenvalue weighted by Crippen LogP contribution is 2.33. The van der Waals surface area contributed by atoms with Crippen molar-refractivity contribution in [1.82, 2.24) is 4.98 Å². The van der Waals surface area contributed by atoms with Gasteiger partial charge in [0.2, 0.25) is 5.13 Å². The van der Waals surface area contributed by atoms with Crippen LogP contribution in [0.3, 0.4) is 0 Å². The molecule has 0 fully saturated rings. The lowest BCUT2D eigenvalue weighted by atomic mass is 10.2. The average Bonchev–Trinajstić information content (AvgIpc) is 3.28. The number of benzene rings is 3. The van der Waals surface area contributed by atoms with Crippen LogP contribution in [0.2, 0.25) is 10.0 Å². The highest BCUT2D eigenvalue weighted by molar-refractivity contribution is 7.87. The summed E-state index contributed by atoms with van der Waals surface area (Å²) >= 11 is 13.6. The molecule has 35 heavy (non-hydrogen) atoms. The molecule has 0 saturated heterocycles. The van der Waals surface area contributed by atoms with Crippen molar-refractivity contribution >= 4 is 56.0 Å². The predicted molar refractivity (Wildman–Crippen MR) is 141 cm³/mol. The molecular formula is C24H19Cl2N3O4S2. The van der Waals surface area contributed by atoms with Gasteiger partial charge in [-0.25, -0.2) is 4.98 Å². The molecule has 0 aliphatic rings. The second-order valence-electron chi connectivity index (χ2n) is 7.29. The van der Waals surface area contributed by atoms with Gasteiger partial charge in [0.1, 0.15) is 4.90 Å². The summed E-state index contributed by atoms with van der Waals surface area (Å²) in [4.78, 5) is 4.54. The molecule has 7 nitrogen and oxygen atoms in total. The minimum absolute atomic E-state index is 0.0581. The van der Waals surface area contributed by atoms with Gasteiger partial charge in [-0.05, 0) is 61.0 Å². The fourth-order valence-corrected chi connectivity index (χ4v) is 5.12. The number of thiazole rings is 1. The molecule has 0 spiro atoms. The SMILES string of the molecule is COc1cc(/C=N/Nc2nc(-c3ccc(Cl)cc3Cl)cs2)ccc1OS(=O)(=O)c1ccc(C)cc1. The third-order valence-electron chi connectivity index (χ3n) is 4.78. The van der Waals surface area contributed by atoms with Crippen LogP contribution >= 0.6 is 34.5 Å². The highest BCUT2D eigenvalue weighted by Gasteiger charge is 2.19. The highest BCUT2D eigenvalue weighted by atomic mass is 35.5. The number of aromatic nitrogens is 1. The summed E-state index contributed by atoms with van der Waals surface area (Å²) < 4.78 is 35.8. The van der Waals surface area contributed by atoms with E-state index in [0.717, 1.165) is 11.1 Å². The zero-order valence-electron chi connectivity index (χ0n) is 18.5. The topological polar surface area (TPSA) is 89.9 Å². The summed E-state index contributed by atoms with van der Waals surface area (Å²) in [5.41, 5.74) is 5.95. The lowest BCUT2D eigenvalue weighted by molar-refractivity contribution is 0.390. The summed E-state index contributed by atoms with van der Waals surface area (Å²) in [6, 6.07) is 16.4. The number of halogens is 2. The summed E-state index contributed by atoms with van der Waals surface area (Å²) in [5.74, 6) is 0.321. The summed E-state index contributed by atoms with van der Waals surface area (Å²) in [7, 11) is -2.57. The molecule has 4 aromatic rings. The van der Waals surface area contributed by atoms with Crippen LogP contribution in [0.25, 0.3) is 11.3 Å². The van der Waals surface area contributed by atoms with E-state index in [0.29, 0.717) is 26.4 Å². The van der Waals surface area contributed by atoms with Gasteiger partial charge in [0, 0.05) is 16.0 Å². The Kier molecular flexibility index (Phi) is 7.61.